The lowest BCUT2D eigenvalue weighted by Gasteiger charge is -2.15. The van der Waals surface area contributed by atoms with E-state index < -0.39 is 11.9 Å². The molecule has 0 bridgehead atoms. The van der Waals surface area contributed by atoms with Crippen LogP contribution in [0.4, 0.5) is 0 Å². The minimum atomic E-state index is -0.890. The summed E-state index contributed by atoms with van der Waals surface area (Å²) in [6, 6.07) is 7.20. The van der Waals surface area contributed by atoms with Crippen LogP contribution in [0, 0.1) is 11.8 Å². The summed E-state index contributed by atoms with van der Waals surface area (Å²) in [6.45, 7) is 4.05. The topological polar surface area (TPSA) is 92.4 Å². The molecule has 0 aliphatic carbocycles. The summed E-state index contributed by atoms with van der Waals surface area (Å²) >= 11 is 5.86. The Hall–Kier alpha value is -2.34. The van der Waals surface area contributed by atoms with Gasteiger partial charge in [-0.25, -0.2) is 4.98 Å². The van der Waals surface area contributed by atoms with Crippen LogP contribution in [-0.4, -0.2) is 28.5 Å². The van der Waals surface area contributed by atoms with Gasteiger partial charge in [0.05, 0.1) is 12.1 Å². The Bertz CT molecular complexity index is 740. The van der Waals surface area contributed by atoms with E-state index in [-0.39, 0.29) is 24.8 Å². The Morgan fingerprint density at radius 1 is 1.27 bits per heavy atom. The standard InChI is InChI=1S/C19H23ClN2O4/c1-12(2)9-14(19(24)25)10-21-17(23)7-8-18-22-11-16(26-18)13-3-5-15(20)6-4-13/h3-6,11-12,14H,7-10H2,1-2H3,(H,21,23)(H,24,25). The van der Waals surface area contributed by atoms with Gasteiger partial charge in [-0.3, -0.25) is 9.59 Å². The van der Waals surface area contributed by atoms with Gasteiger partial charge in [-0.1, -0.05) is 25.4 Å². The van der Waals surface area contributed by atoms with Crippen LogP contribution in [0.5, 0.6) is 0 Å². The molecule has 0 saturated heterocycles. The molecule has 1 aromatic heterocycles. The van der Waals surface area contributed by atoms with Gasteiger partial charge in [-0.2, -0.15) is 0 Å². The molecule has 0 radical (unpaired) electrons. The van der Waals surface area contributed by atoms with Crippen molar-refractivity contribution in [2.24, 2.45) is 11.8 Å². The second-order valence-corrected chi connectivity index (χ2v) is 7.03. The van der Waals surface area contributed by atoms with Crippen molar-refractivity contribution in [2.45, 2.75) is 33.1 Å². The summed E-state index contributed by atoms with van der Waals surface area (Å²) in [5.41, 5.74) is 0.857. The fourth-order valence-electron chi connectivity index (χ4n) is 2.56. The van der Waals surface area contributed by atoms with Crippen LogP contribution in [0.1, 0.15) is 32.6 Å². The van der Waals surface area contributed by atoms with Gasteiger partial charge in [-0.15, -0.1) is 0 Å². The fourth-order valence-corrected chi connectivity index (χ4v) is 2.69. The van der Waals surface area contributed by atoms with Crippen LogP contribution in [0.3, 0.4) is 0 Å². The van der Waals surface area contributed by atoms with Gasteiger partial charge in [0.1, 0.15) is 0 Å². The summed E-state index contributed by atoms with van der Waals surface area (Å²) < 4.78 is 5.65. The van der Waals surface area contributed by atoms with Gasteiger partial charge < -0.3 is 14.8 Å². The van der Waals surface area contributed by atoms with E-state index in [2.05, 4.69) is 10.3 Å². The molecule has 0 saturated carbocycles. The molecule has 7 heteroatoms. The molecule has 2 N–H and O–H groups in total. The second-order valence-electron chi connectivity index (χ2n) is 6.59. The van der Waals surface area contributed by atoms with Crippen molar-refractivity contribution in [3.8, 4) is 11.3 Å². The molecule has 0 fully saturated rings. The minimum absolute atomic E-state index is 0.133. The van der Waals surface area contributed by atoms with E-state index in [0.717, 1.165) is 5.56 Å². The van der Waals surface area contributed by atoms with E-state index in [1.807, 2.05) is 26.0 Å². The Morgan fingerprint density at radius 2 is 1.96 bits per heavy atom. The molecule has 1 heterocycles. The number of halogens is 1. The van der Waals surface area contributed by atoms with E-state index in [1.54, 1.807) is 18.3 Å². The second kappa shape index (κ2) is 9.38. The maximum Gasteiger partial charge on any atom is 0.308 e. The van der Waals surface area contributed by atoms with Crippen molar-refractivity contribution >= 4 is 23.5 Å². The normalized spacial score (nSPS) is 12.2. The van der Waals surface area contributed by atoms with Crippen LogP contribution in [-0.2, 0) is 16.0 Å². The van der Waals surface area contributed by atoms with Crippen molar-refractivity contribution in [1.29, 1.82) is 0 Å². The highest BCUT2D eigenvalue weighted by atomic mass is 35.5. The van der Waals surface area contributed by atoms with Crippen LogP contribution in [0.2, 0.25) is 5.02 Å². The molecule has 6 nitrogen and oxygen atoms in total. The number of rotatable bonds is 9. The van der Waals surface area contributed by atoms with E-state index >= 15 is 0 Å². The first-order chi connectivity index (χ1) is 12.3. The first-order valence-electron chi connectivity index (χ1n) is 8.55. The van der Waals surface area contributed by atoms with Gasteiger partial charge >= 0.3 is 5.97 Å². The number of aliphatic carboxylic acids is 1. The molecule has 0 spiro atoms. The van der Waals surface area contributed by atoms with Crippen molar-refractivity contribution < 1.29 is 19.1 Å². The Balaban J connectivity index is 1.82. The number of nitrogens with zero attached hydrogens (tertiary/aromatic N) is 1. The zero-order chi connectivity index (χ0) is 19.1. The van der Waals surface area contributed by atoms with Crippen LogP contribution < -0.4 is 5.32 Å². The van der Waals surface area contributed by atoms with Gasteiger partial charge in [0.25, 0.3) is 0 Å². The lowest BCUT2D eigenvalue weighted by Crippen LogP contribution is -2.33. The van der Waals surface area contributed by atoms with Crippen LogP contribution in [0.15, 0.2) is 34.9 Å². The highest BCUT2D eigenvalue weighted by Crippen LogP contribution is 2.22. The smallest absolute Gasteiger partial charge is 0.308 e. The molecule has 140 valence electrons. The molecule has 1 aromatic carbocycles. The molecule has 1 amide bonds. The summed E-state index contributed by atoms with van der Waals surface area (Å²) in [6.07, 6.45) is 2.68. The maximum absolute atomic E-state index is 12.0. The van der Waals surface area contributed by atoms with Crippen LogP contribution in [0.25, 0.3) is 11.3 Å². The third-order valence-corrected chi connectivity index (χ3v) is 4.15. The number of carboxylic acids is 1. The molecule has 2 rings (SSSR count). The Morgan fingerprint density at radius 3 is 2.58 bits per heavy atom. The van der Waals surface area contributed by atoms with Crippen molar-refractivity contribution in [3.63, 3.8) is 0 Å². The first kappa shape index (κ1) is 20.0. The zero-order valence-electron chi connectivity index (χ0n) is 14.9. The lowest BCUT2D eigenvalue weighted by atomic mass is 9.97. The molecule has 1 unspecified atom stereocenters. The van der Waals surface area contributed by atoms with E-state index in [9.17, 15) is 14.7 Å². The molecule has 0 aliphatic heterocycles. The predicted molar refractivity (Wildman–Crippen MR) is 98.9 cm³/mol. The van der Waals surface area contributed by atoms with Crippen molar-refractivity contribution in [2.75, 3.05) is 6.54 Å². The third-order valence-electron chi connectivity index (χ3n) is 3.90. The number of hydrogen-bond acceptors (Lipinski definition) is 4. The van der Waals surface area contributed by atoms with Crippen LogP contribution >= 0.6 is 11.6 Å². The van der Waals surface area contributed by atoms with E-state index in [4.69, 9.17) is 16.0 Å². The zero-order valence-corrected chi connectivity index (χ0v) is 15.6. The van der Waals surface area contributed by atoms with E-state index in [0.29, 0.717) is 29.5 Å². The number of carbonyl (C=O) groups excluding carboxylic acids is 1. The molecule has 0 aliphatic rings. The largest absolute Gasteiger partial charge is 0.481 e. The fraction of sp³-hybridized carbons (Fsp3) is 0.421. The highest BCUT2D eigenvalue weighted by molar-refractivity contribution is 6.30. The third kappa shape index (κ3) is 6.19. The maximum atomic E-state index is 12.0. The number of benzene rings is 1. The molecule has 1 atom stereocenters. The van der Waals surface area contributed by atoms with Crippen molar-refractivity contribution in [3.05, 3.63) is 41.4 Å². The number of carboxylic acid groups (broad SMARTS) is 1. The summed E-state index contributed by atoms with van der Waals surface area (Å²) in [4.78, 5) is 27.3. The van der Waals surface area contributed by atoms with Gasteiger partial charge in [0.15, 0.2) is 11.7 Å². The number of aromatic nitrogens is 1. The predicted octanol–water partition coefficient (Wildman–Crippen LogP) is 3.79. The number of amides is 1. The summed E-state index contributed by atoms with van der Waals surface area (Å²) in [5.74, 6) is -0.351. The highest BCUT2D eigenvalue weighted by Gasteiger charge is 2.19. The average molecular weight is 379 g/mol. The summed E-state index contributed by atoms with van der Waals surface area (Å²) in [5, 5.41) is 12.5. The lowest BCUT2D eigenvalue weighted by molar-refractivity contribution is -0.142. The average Bonchev–Trinajstić information content (AvgIpc) is 3.06. The Kier molecular flexibility index (Phi) is 7.21. The first-order valence-corrected chi connectivity index (χ1v) is 8.93. The molecule has 2 aromatic rings. The molecular weight excluding hydrogens is 356 g/mol. The monoisotopic (exact) mass is 378 g/mol. The van der Waals surface area contributed by atoms with Crippen molar-refractivity contribution in [1.82, 2.24) is 10.3 Å². The number of hydrogen-bond donors (Lipinski definition) is 2. The number of carbonyl (C=O) groups is 2. The van der Waals surface area contributed by atoms with Gasteiger partial charge in [-0.05, 0) is 36.6 Å². The van der Waals surface area contributed by atoms with Gasteiger partial charge in [0, 0.05) is 30.0 Å². The van der Waals surface area contributed by atoms with E-state index in [1.165, 1.54) is 0 Å². The van der Waals surface area contributed by atoms with Gasteiger partial charge in [0.2, 0.25) is 5.91 Å². The summed E-state index contributed by atoms with van der Waals surface area (Å²) in [7, 11) is 0. The Labute approximate surface area is 157 Å². The minimum Gasteiger partial charge on any atom is -0.481 e. The number of oxazole rings is 1. The SMILES string of the molecule is CC(C)CC(CNC(=O)CCc1ncc(-c2ccc(Cl)cc2)o1)C(=O)O. The number of nitrogens with one attached hydrogen (secondary N) is 1. The number of aryl methyl sites for hydroxylation is 1. The molecule has 26 heavy (non-hydrogen) atoms. The quantitative estimate of drug-likeness (QED) is 0.692. The molecular formula is C19H23ClN2O4.